The minimum Gasteiger partial charge on any atom is -0.416 e. The van der Waals surface area contributed by atoms with Crippen molar-refractivity contribution in [2.45, 2.75) is 6.61 Å². The molecule has 0 bridgehead atoms. The lowest BCUT2D eigenvalue weighted by molar-refractivity contribution is -0.0524. The second-order valence-electron chi connectivity index (χ2n) is 4.44. The van der Waals surface area contributed by atoms with Crippen LogP contribution in [0.15, 0.2) is 61.3 Å². The normalized spacial score (nSPS) is 10.7. The van der Waals surface area contributed by atoms with Crippen molar-refractivity contribution in [2.24, 2.45) is 0 Å². The lowest BCUT2D eigenvalue weighted by Crippen LogP contribution is -2.05. The number of alkyl halides is 2. The molecule has 4 nitrogen and oxygen atoms in total. The summed E-state index contributed by atoms with van der Waals surface area (Å²) in [6.45, 7) is -2.94. The lowest BCUT2D eigenvalue weighted by Gasteiger charge is -2.11. The van der Waals surface area contributed by atoms with Gasteiger partial charge in [0.1, 0.15) is 0 Å². The highest BCUT2D eigenvalue weighted by Crippen LogP contribution is 2.32. The summed E-state index contributed by atoms with van der Waals surface area (Å²) in [7, 11) is 0. The molecule has 3 aromatic heterocycles. The van der Waals surface area contributed by atoms with Crippen molar-refractivity contribution < 1.29 is 13.5 Å². The Labute approximate surface area is 125 Å². The zero-order chi connectivity index (χ0) is 15.4. The van der Waals surface area contributed by atoms with Gasteiger partial charge in [-0.25, -0.2) is 4.98 Å². The molecule has 0 aliphatic heterocycles. The number of hydrogen-bond acceptors (Lipinski definition) is 4. The van der Waals surface area contributed by atoms with Crippen LogP contribution < -0.4 is 4.74 Å². The van der Waals surface area contributed by atoms with Gasteiger partial charge in [0.05, 0.1) is 0 Å². The first-order valence-corrected chi connectivity index (χ1v) is 6.49. The maximum Gasteiger partial charge on any atom is 0.388 e. The zero-order valence-electron chi connectivity index (χ0n) is 11.4. The summed E-state index contributed by atoms with van der Waals surface area (Å²) in [4.78, 5) is 12.1. The molecule has 0 saturated heterocycles. The van der Waals surface area contributed by atoms with Crippen LogP contribution in [0.2, 0.25) is 0 Å². The summed E-state index contributed by atoms with van der Waals surface area (Å²) >= 11 is 0. The summed E-state index contributed by atoms with van der Waals surface area (Å²) in [6.07, 6.45) is 8.00. The summed E-state index contributed by atoms with van der Waals surface area (Å²) < 4.78 is 29.6. The molecule has 0 aliphatic rings. The predicted molar refractivity (Wildman–Crippen MR) is 77.3 cm³/mol. The fraction of sp³-hybridized carbons (Fsp3) is 0.0625. The van der Waals surface area contributed by atoms with Crippen LogP contribution in [0.3, 0.4) is 0 Å². The molecular formula is C16H11F2N3O. The van der Waals surface area contributed by atoms with E-state index in [2.05, 4.69) is 19.7 Å². The molecule has 0 spiro atoms. The van der Waals surface area contributed by atoms with Crippen LogP contribution in [-0.4, -0.2) is 21.6 Å². The molecule has 0 N–H and O–H groups in total. The fourth-order valence-electron chi connectivity index (χ4n) is 2.05. The molecule has 6 heteroatoms. The van der Waals surface area contributed by atoms with E-state index < -0.39 is 6.61 Å². The van der Waals surface area contributed by atoms with Gasteiger partial charge in [-0.15, -0.1) is 0 Å². The van der Waals surface area contributed by atoms with Crippen LogP contribution >= 0.6 is 0 Å². The van der Waals surface area contributed by atoms with Gasteiger partial charge in [-0.3, -0.25) is 9.97 Å². The van der Waals surface area contributed by atoms with E-state index in [0.717, 1.165) is 11.1 Å². The molecule has 0 aliphatic carbocycles. The highest BCUT2D eigenvalue weighted by molar-refractivity contribution is 5.74. The van der Waals surface area contributed by atoms with Crippen LogP contribution in [0.1, 0.15) is 0 Å². The number of hydrogen-bond donors (Lipinski definition) is 0. The molecule has 0 saturated carbocycles. The highest BCUT2D eigenvalue weighted by Gasteiger charge is 2.14. The second kappa shape index (κ2) is 6.26. The molecule has 0 unspecified atom stereocenters. The first kappa shape index (κ1) is 14.1. The maximum atomic E-state index is 12.6. The smallest absolute Gasteiger partial charge is 0.388 e. The molecule has 0 amide bonds. The molecule has 110 valence electrons. The van der Waals surface area contributed by atoms with Crippen molar-refractivity contribution in [3.8, 4) is 28.1 Å². The van der Waals surface area contributed by atoms with E-state index in [4.69, 9.17) is 0 Å². The van der Waals surface area contributed by atoms with E-state index >= 15 is 0 Å². The van der Waals surface area contributed by atoms with Gasteiger partial charge in [0.15, 0.2) is 0 Å². The Morgan fingerprint density at radius 2 is 1.55 bits per heavy atom. The standard InChI is InChI=1S/C16H11F2N3O/c17-16(18)22-15-14(12-4-2-6-20-9-12)7-13(10-21-15)11-3-1-5-19-8-11/h1-10,16H. The molecular weight excluding hydrogens is 288 g/mol. The Hall–Kier alpha value is -2.89. The monoisotopic (exact) mass is 299 g/mol. The van der Waals surface area contributed by atoms with Crippen molar-refractivity contribution >= 4 is 0 Å². The Bertz CT molecular complexity index is 752. The van der Waals surface area contributed by atoms with Crippen molar-refractivity contribution in [1.82, 2.24) is 15.0 Å². The van der Waals surface area contributed by atoms with E-state index in [9.17, 15) is 8.78 Å². The second-order valence-corrected chi connectivity index (χ2v) is 4.44. The van der Waals surface area contributed by atoms with Crippen LogP contribution in [0.25, 0.3) is 22.3 Å². The average Bonchev–Trinajstić information content (AvgIpc) is 2.56. The fourth-order valence-corrected chi connectivity index (χ4v) is 2.05. The van der Waals surface area contributed by atoms with Gasteiger partial charge in [-0.2, -0.15) is 8.78 Å². The summed E-state index contributed by atoms with van der Waals surface area (Å²) in [5.41, 5.74) is 2.70. The summed E-state index contributed by atoms with van der Waals surface area (Å²) in [6, 6.07) is 8.87. The van der Waals surface area contributed by atoms with Gasteiger partial charge in [0.2, 0.25) is 5.88 Å². The van der Waals surface area contributed by atoms with Crippen LogP contribution in [-0.2, 0) is 0 Å². The molecule has 0 radical (unpaired) electrons. The minimum absolute atomic E-state index is 0.129. The number of rotatable bonds is 4. The van der Waals surface area contributed by atoms with E-state index in [1.807, 2.05) is 6.07 Å². The molecule has 3 rings (SSSR count). The van der Waals surface area contributed by atoms with Crippen molar-refractivity contribution in [1.29, 1.82) is 0 Å². The van der Waals surface area contributed by atoms with E-state index in [1.165, 1.54) is 6.20 Å². The number of aromatic nitrogens is 3. The molecule has 0 atom stereocenters. The maximum absolute atomic E-state index is 12.6. The third kappa shape index (κ3) is 3.06. The number of nitrogens with zero attached hydrogens (tertiary/aromatic N) is 3. The van der Waals surface area contributed by atoms with Crippen molar-refractivity contribution in [2.75, 3.05) is 0 Å². The largest absolute Gasteiger partial charge is 0.416 e. The SMILES string of the molecule is FC(F)Oc1ncc(-c2cccnc2)cc1-c1cccnc1. The number of pyridine rings is 3. The van der Waals surface area contributed by atoms with Gasteiger partial charge in [0.25, 0.3) is 0 Å². The first-order valence-electron chi connectivity index (χ1n) is 6.49. The highest BCUT2D eigenvalue weighted by atomic mass is 19.3. The Kier molecular flexibility index (Phi) is 4.00. The van der Waals surface area contributed by atoms with E-state index in [0.29, 0.717) is 11.1 Å². The third-order valence-electron chi connectivity index (χ3n) is 3.02. The Morgan fingerprint density at radius 3 is 2.14 bits per heavy atom. The summed E-state index contributed by atoms with van der Waals surface area (Å²) in [5.74, 6) is -0.129. The Morgan fingerprint density at radius 1 is 0.864 bits per heavy atom. The number of halogens is 2. The predicted octanol–water partition coefficient (Wildman–Crippen LogP) is 3.81. The molecule has 3 heterocycles. The number of ether oxygens (including phenoxy) is 1. The van der Waals surface area contributed by atoms with Gasteiger partial charge in [0, 0.05) is 53.2 Å². The van der Waals surface area contributed by atoms with Crippen LogP contribution in [0, 0.1) is 0 Å². The van der Waals surface area contributed by atoms with Gasteiger partial charge >= 0.3 is 6.61 Å². The van der Waals surface area contributed by atoms with E-state index in [-0.39, 0.29) is 5.88 Å². The third-order valence-corrected chi connectivity index (χ3v) is 3.02. The molecule has 0 aromatic carbocycles. The zero-order valence-corrected chi connectivity index (χ0v) is 11.4. The van der Waals surface area contributed by atoms with Crippen molar-refractivity contribution in [3.63, 3.8) is 0 Å². The topological polar surface area (TPSA) is 47.9 Å². The van der Waals surface area contributed by atoms with Gasteiger partial charge < -0.3 is 4.74 Å². The Balaban J connectivity index is 2.10. The van der Waals surface area contributed by atoms with E-state index in [1.54, 1.807) is 49.1 Å². The van der Waals surface area contributed by atoms with Crippen LogP contribution in [0.4, 0.5) is 8.78 Å². The molecule has 3 aromatic rings. The molecule has 0 fully saturated rings. The van der Waals surface area contributed by atoms with Crippen molar-refractivity contribution in [3.05, 3.63) is 61.3 Å². The molecule has 22 heavy (non-hydrogen) atoms. The summed E-state index contributed by atoms with van der Waals surface area (Å²) in [5, 5.41) is 0. The van der Waals surface area contributed by atoms with Crippen LogP contribution in [0.5, 0.6) is 5.88 Å². The quantitative estimate of drug-likeness (QED) is 0.735. The minimum atomic E-state index is -2.94. The average molecular weight is 299 g/mol. The first-order chi connectivity index (χ1) is 10.7. The van der Waals surface area contributed by atoms with Gasteiger partial charge in [-0.1, -0.05) is 12.1 Å². The lowest BCUT2D eigenvalue weighted by atomic mass is 10.0. The van der Waals surface area contributed by atoms with Gasteiger partial charge in [-0.05, 0) is 18.2 Å².